The summed E-state index contributed by atoms with van der Waals surface area (Å²) in [7, 11) is -2.63. The molecule has 1 heterocycles. The van der Waals surface area contributed by atoms with Crippen molar-refractivity contribution < 1.29 is 27.5 Å². The fraction of sp³-hybridized carbons (Fsp3) is 0.370. The molecule has 9 nitrogen and oxygen atoms in total. The molecular weight excluding hydrogens is 494 g/mol. The Kier molecular flexibility index (Phi) is 8.09. The number of esters is 1. The van der Waals surface area contributed by atoms with E-state index in [0.29, 0.717) is 0 Å². The molecule has 2 aliphatic rings. The molecule has 4 rings (SSSR count). The van der Waals surface area contributed by atoms with Gasteiger partial charge in [-0.2, -0.15) is 4.31 Å². The van der Waals surface area contributed by atoms with E-state index in [1.54, 1.807) is 18.2 Å². The van der Waals surface area contributed by atoms with Crippen LogP contribution in [0.5, 0.6) is 0 Å². The molecule has 2 aromatic rings. The average molecular weight is 526 g/mol. The second kappa shape index (κ2) is 11.3. The number of sulfonamides is 1. The number of hydrogen-bond donors (Lipinski definition) is 2. The van der Waals surface area contributed by atoms with Gasteiger partial charge < -0.3 is 15.4 Å². The molecule has 2 N–H and O–H groups in total. The number of methoxy groups -OCH3 is 1. The predicted octanol–water partition coefficient (Wildman–Crippen LogP) is 2.25. The van der Waals surface area contributed by atoms with Crippen LogP contribution in [0.2, 0.25) is 0 Å². The number of nitrogens with one attached hydrogen (secondary N) is 2. The number of nitrogens with zero attached hydrogens (tertiary/aromatic N) is 1. The van der Waals surface area contributed by atoms with Gasteiger partial charge in [0.2, 0.25) is 21.8 Å². The first-order chi connectivity index (χ1) is 17.7. The molecule has 2 atom stereocenters. The Morgan fingerprint density at radius 1 is 1.19 bits per heavy atom. The maximum Gasteiger partial charge on any atom is 0.330 e. The summed E-state index contributed by atoms with van der Waals surface area (Å²) < 4.78 is 32.4. The topological polar surface area (TPSA) is 122 Å². The van der Waals surface area contributed by atoms with Gasteiger partial charge in [-0.1, -0.05) is 35.9 Å². The minimum atomic E-state index is -3.95. The normalized spacial score (nSPS) is 20.2. The van der Waals surface area contributed by atoms with Crippen LogP contribution in [0, 0.1) is 6.92 Å². The van der Waals surface area contributed by atoms with E-state index in [4.69, 9.17) is 0 Å². The predicted molar refractivity (Wildman–Crippen MR) is 138 cm³/mol. The van der Waals surface area contributed by atoms with Crippen LogP contribution in [0.4, 0.5) is 0 Å². The van der Waals surface area contributed by atoms with Crippen molar-refractivity contribution in [1.82, 2.24) is 14.9 Å². The number of rotatable bonds is 7. The van der Waals surface area contributed by atoms with Crippen molar-refractivity contribution >= 4 is 33.9 Å². The smallest absolute Gasteiger partial charge is 0.330 e. The Hall–Kier alpha value is -3.50. The summed E-state index contributed by atoms with van der Waals surface area (Å²) in [5.41, 5.74) is 3.83. The third kappa shape index (κ3) is 6.08. The lowest BCUT2D eigenvalue weighted by atomic mass is 9.86. The van der Waals surface area contributed by atoms with Crippen LogP contribution < -0.4 is 10.6 Å². The Labute approximate surface area is 216 Å². The molecule has 1 saturated heterocycles. The van der Waals surface area contributed by atoms with Gasteiger partial charge in [0.25, 0.3) is 0 Å². The number of carbonyl (C=O) groups is 3. The summed E-state index contributed by atoms with van der Waals surface area (Å²) in [6.45, 7) is 2.14. The Morgan fingerprint density at radius 2 is 1.95 bits per heavy atom. The van der Waals surface area contributed by atoms with Gasteiger partial charge in [0.1, 0.15) is 6.04 Å². The lowest BCUT2D eigenvalue weighted by Crippen LogP contribution is -2.58. The van der Waals surface area contributed by atoms with E-state index in [-0.39, 0.29) is 30.4 Å². The van der Waals surface area contributed by atoms with Gasteiger partial charge in [0, 0.05) is 19.2 Å². The van der Waals surface area contributed by atoms with Crippen molar-refractivity contribution in [2.24, 2.45) is 0 Å². The second-order valence-corrected chi connectivity index (χ2v) is 11.2. The van der Waals surface area contributed by atoms with E-state index < -0.39 is 33.8 Å². The zero-order valence-electron chi connectivity index (χ0n) is 20.9. The highest BCUT2D eigenvalue weighted by Gasteiger charge is 2.40. The maximum atomic E-state index is 13.3. The molecule has 0 saturated carbocycles. The quantitative estimate of drug-likeness (QED) is 0.423. The molecule has 1 fully saturated rings. The molecule has 0 spiro atoms. The third-order valence-electron chi connectivity index (χ3n) is 6.72. The lowest BCUT2D eigenvalue weighted by Gasteiger charge is -2.34. The second-order valence-electron chi connectivity index (χ2n) is 9.27. The molecule has 37 heavy (non-hydrogen) atoms. The van der Waals surface area contributed by atoms with Gasteiger partial charge in [0.05, 0.1) is 24.5 Å². The van der Waals surface area contributed by atoms with Crippen molar-refractivity contribution in [2.75, 3.05) is 20.2 Å². The van der Waals surface area contributed by atoms with Crippen molar-refractivity contribution in [2.45, 2.75) is 49.6 Å². The molecule has 196 valence electrons. The van der Waals surface area contributed by atoms with Gasteiger partial charge in [-0.05, 0) is 61.1 Å². The van der Waals surface area contributed by atoms with Crippen LogP contribution >= 0.6 is 0 Å². The highest BCUT2D eigenvalue weighted by Crippen LogP contribution is 2.31. The monoisotopic (exact) mass is 525 g/mol. The summed E-state index contributed by atoms with van der Waals surface area (Å²) in [4.78, 5) is 37.3. The van der Waals surface area contributed by atoms with Crippen molar-refractivity contribution in [3.8, 4) is 0 Å². The molecule has 10 heteroatoms. The van der Waals surface area contributed by atoms with E-state index in [9.17, 15) is 22.8 Å². The highest BCUT2D eigenvalue weighted by molar-refractivity contribution is 7.89. The summed E-state index contributed by atoms with van der Waals surface area (Å²) in [6.07, 6.45) is 5.20. The van der Waals surface area contributed by atoms with Crippen LogP contribution in [0.3, 0.4) is 0 Å². The fourth-order valence-electron chi connectivity index (χ4n) is 4.77. The van der Waals surface area contributed by atoms with Gasteiger partial charge in [-0.25, -0.2) is 13.2 Å². The van der Waals surface area contributed by atoms with Gasteiger partial charge >= 0.3 is 5.97 Å². The minimum Gasteiger partial charge on any atom is -0.466 e. The van der Waals surface area contributed by atoms with Crippen molar-refractivity contribution in [3.63, 3.8) is 0 Å². The number of carbonyl (C=O) groups excluding carboxylic acids is 3. The van der Waals surface area contributed by atoms with Crippen LogP contribution in [-0.2, 0) is 35.6 Å². The number of benzene rings is 2. The van der Waals surface area contributed by atoms with Crippen molar-refractivity contribution in [3.05, 3.63) is 70.8 Å². The first kappa shape index (κ1) is 26.6. The zero-order valence-corrected chi connectivity index (χ0v) is 21.7. The van der Waals surface area contributed by atoms with Gasteiger partial charge in [0.15, 0.2) is 0 Å². The Bertz CT molecular complexity index is 1320. The lowest BCUT2D eigenvalue weighted by molar-refractivity contribution is -0.134. The van der Waals surface area contributed by atoms with E-state index in [2.05, 4.69) is 15.4 Å². The van der Waals surface area contributed by atoms with Crippen LogP contribution in [-0.4, -0.2) is 56.7 Å². The first-order valence-corrected chi connectivity index (χ1v) is 13.7. The zero-order chi connectivity index (χ0) is 26.6. The van der Waals surface area contributed by atoms with E-state index >= 15 is 0 Å². The molecule has 0 aromatic heterocycles. The summed E-state index contributed by atoms with van der Waals surface area (Å²) >= 11 is 0. The molecule has 2 aromatic carbocycles. The molecule has 1 unspecified atom stereocenters. The van der Waals surface area contributed by atoms with E-state index in [1.165, 1.54) is 25.3 Å². The van der Waals surface area contributed by atoms with Gasteiger partial charge in [-0.15, -0.1) is 0 Å². The van der Waals surface area contributed by atoms with Crippen LogP contribution in [0.1, 0.15) is 47.6 Å². The largest absolute Gasteiger partial charge is 0.466 e. The summed E-state index contributed by atoms with van der Waals surface area (Å²) in [5.74, 6) is -1.31. The third-order valence-corrected chi connectivity index (χ3v) is 8.64. The first-order valence-electron chi connectivity index (χ1n) is 12.2. The number of hydrogen-bond acceptors (Lipinski definition) is 6. The average Bonchev–Trinajstić information content (AvgIpc) is 2.88. The number of fused-ring (bicyclic) bond motifs is 1. The molecule has 0 bridgehead atoms. The minimum absolute atomic E-state index is 0.0913. The fourth-order valence-corrected chi connectivity index (χ4v) is 6.36. The summed E-state index contributed by atoms with van der Waals surface area (Å²) in [6, 6.07) is 10.8. The number of piperazine rings is 1. The molecule has 2 amide bonds. The Balaban J connectivity index is 1.49. The highest BCUT2D eigenvalue weighted by atomic mass is 32.2. The number of amides is 2. The number of ether oxygens (including phenoxy) is 1. The maximum absolute atomic E-state index is 13.3. The molecular formula is C27H31N3O6S. The van der Waals surface area contributed by atoms with Crippen LogP contribution in [0.15, 0.2) is 53.4 Å². The van der Waals surface area contributed by atoms with Crippen molar-refractivity contribution in [1.29, 1.82) is 0 Å². The standard InChI is InChI=1S/C27H31N3O6S/c1-18-6-10-21(11-7-18)37(34,35)30-15-14-28-27(33)24(30)17-25(31)29-23-5-3-4-20-16-19(8-12-22(20)23)9-13-26(32)36-2/h6-13,16,23-24H,3-5,14-15,17H2,1-2H3,(H,28,33)(H,29,31)/b13-9+/t23-,24?/m1/s1. The molecule has 1 aliphatic heterocycles. The SMILES string of the molecule is COC(=O)/C=C/c1ccc2c(c1)CCC[C@H]2NC(=O)CC1C(=O)NCCN1S(=O)(=O)c1ccc(C)cc1. The Morgan fingerprint density at radius 3 is 2.68 bits per heavy atom. The van der Waals surface area contributed by atoms with Gasteiger partial charge in [-0.3, -0.25) is 9.59 Å². The summed E-state index contributed by atoms with van der Waals surface area (Å²) in [5, 5.41) is 5.69. The number of aryl methyl sites for hydroxylation is 2. The molecule has 0 radical (unpaired) electrons. The van der Waals surface area contributed by atoms with Crippen LogP contribution in [0.25, 0.3) is 6.08 Å². The van der Waals surface area contributed by atoms with E-state index in [0.717, 1.165) is 45.8 Å². The van der Waals surface area contributed by atoms with E-state index in [1.807, 2.05) is 25.1 Å². The molecule has 1 aliphatic carbocycles.